The summed E-state index contributed by atoms with van der Waals surface area (Å²) in [5.41, 5.74) is 4.44. The molecular weight excluding hydrogens is 245 g/mol. The van der Waals surface area contributed by atoms with Crippen LogP contribution in [0.5, 0.6) is 5.88 Å². The molecule has 2 N–H and O–H groups in total. The Morgan fingerprint density at radius 2 is 2.12 bits per heavy atom. The maximum atomic E-state index is 11.8. The van der Waals surface area contributed by atoms with Crippen LogP contribution in [0.25, 0.3) is 0 Å². The average molecular weight is 252 g/mol. The van der Waals surface area contributed by atoms with Crippen molar-refractivity contribution in [1.82, 2.24) is 9.97 Å². The van der Waals surface area contributed by atoms with Crippen LogP contribution >= 0.6 is 0 Å². The third-order valence-corrected chi connectivity index (χ3v) is 1.62. The van der Waals surface area contributed by atoms with Crippen LogP contribution in [0.2, 0.25) is 0 Å². The number of ether oxygens (including phenoxy) is 1. The molecule has 0 unspecified atom stereocenters. The van der Waals surface area contributed by atoms with Crippen LogP contribution in [0.3, 0.4) is 0 Å². The lowest BCUT2D eigenvalue weighted by Crippen LogP contribution is -2.14. The van der Waals surface area contributed by atoms with Crippen molar-refractivity contribution in [3.63, 3.8) is 0 Å². The Labute approximate surface area is 92.6 Å². The molecule has 1 heterocycles. The maximum Gasteiger partial charge on any atom is 0.392 e. The Bertz CT molecular complexity index is 423. The molecule has 17 heavy (non-hydrogen) atoms. The highest BCUT2D eigenvalue weighted by molar-refractivity contribution is 5.57. The van der Waals surface area contributed by atoms with Gasteiger partial charge in [-0.25, -0.2) is 4.98 Å². The van der Waals surface area contributed by atoms with E-state index >= 15 is 0 Å². The van der Waals surface area contributed by atoms with Crippen molar-refractivity contribution in [2.24, 2.45) is 0 Å². The van der Waals surface area contributed by atoms with Crippen LogP contribution in [-0.2, 0) is 0 Å². The molecule has 0 saturated heterocycles. The van der Waals surface area contributed by atoms with E-state index in [9.17, 15) is 23.3 Å². The van der Waals surface area contributed by atoms with Crippen molar-refractivity contribution >= 4 is 11.5 Å². The Morgan fingerprint density at radius 1 is 1.47 bits per heavy atom. The summed E-state index contributed by atoms with van der Waals surface area (Å²) in [5.74, 6) is -1.04. The molecule has 0 bridgehead atoms. The highest BCUT2D eigenvalue weighted by Crippen LogP contribution is 2.29. The number of hydrogen-bond donors (Lipinski definition) is 1. The van der Waals surface area contributed by atoms with E-state index in [0.29, 0.717) is 0 Å². The average Bonchev–Trinajstić information content (AvgIpc) is 2.14. The number of halogens is 3. The Morgan fingerprint density at radius 3 is 2.65 bits per heavy atom. The summed E-state index contributed by atoms with van der Waals surface area (Å²) in [4.78, 5) is 16.3. The Kier molecular flexibility index (Phi) is 3.66. The minimum atomic E-state index is -4.41. The highest BCUT2D eigenvalue weighted by atomic mass is 19.4. The van der Waals surface area contributed by atoms with Crippen molar-refractivity contribution in [2.45, 2.75) is 12.6 Å². The predicted octanol–water partition coefficient (Wildman–Crippen LogP) is 1.30. The fraction of sp³-hybridized carbons (Fsp3) is 0.429. The summed E-state index contributed by atoms with van der Waals surface area (Å²) in [7, 11) is 0. The number of anilines is 1. The number of nitrogen functional groups attached to an aromatic ring is 1. The summed E-state index contributed by atoms with van der Waals surface area (Å²) in [5, 5.41) is 10.5. The SMILES string of the molecule is Nc1ncnc(OCCC(F)(F)F)c1[N+](=O)[O-]. The number of nitrogens with two attached hydrogens (primary N) is 1. The highest BCUT2D eigenvalue weighted by Gasteiger charge is 2.28. The lowest BCUT2D eigenvalue weighted by Gasteiger charge is -2.08. The van der Waals surface area contributed by atoms with Gasteiger partial charge in [0, 0.05) is 0 Å². The van der Waals surface area contributed by atoms with Crippen molar-refractivity contribution < 1.29 is 22.8 Å². The second-order valence-corrected chi connectivity index (χ2v) is 2.88. The topological polar surface area (TPSA) is 104 Å². The van der Waals surface area contributed by atoms with Crippen LogP contribution < -0.4 is 10.5 Å². The third-order valence-electron chi connectivity index (χ3n) is 1.62. The van der Waals surface area contributed by atoms with E-state index in [0.717, 1.165) is 6.33 Å². The van der Waals surface area contributed by atoms with E-state index in [1.165, 1.54) is 0 Å². The minimum absolute atomic E-state index is 0.466. The van der Waals surface area contributed by atoms with Gasteiger partial charge >= 0.3 is 11.9 Å². The molecule has 0 fully saturated rings. The number of nitro groups is 1. The summed E-state index contributed by atoms with van der Waals surface area (Å²) >= 11 is 0. The predicted molar refractivity (Wildman–Crippen MR) is 49.3 cm³/mol. The molecule has 0 radical (unpaired) electrons. The molecule has 94 valence electrons. The van der Waals surface area contributed by atoms with Gasteiger partial charge in [0.15, 0.2) is 0 Å². The molecule has 7 nitrogen and oxygen atoms in total. The number of rotatable bonds is 4. The fourth-order valence-electron chi connectivity index (χ4n) is 0.916. The van der Waals surface area contributed by atoms with Crippen molar-refractivity contribution in [1.29, 1.82) is 0 Å². The van der Waals surface area contributed by atoms with Gasteiger partial charge in [-0.1, -0.05) is 0 Å². The molecule has 0 aliphatic heterocycles. The second-order valence-electron chi connectivity index (χ2n) is 2.88. The van der Waals surface area contributed by atoms with E-state index < -0.39 is 41.5 Å². The van der Waals surface area contributed by atoms with Gasteiger partial charge in [-0.05, 0) is 0 Å². The lowest BCUT2D eigenvalue weighted by molar-refractivity contribution is -0.385. The minimum Gasteiger partial charge on any atom is -0.472 e. The molecule has 1 rings (SSSR count). The van der Waals surface area contributed by atoms with Gasteiger partial charge in [-0.2, -0.15) is 18.2 Å². The second kappa shape index (κ2) is 4.80. The summed E-state index contributed by atoms with van der Waals surface area (Å²) in [6.07, 6.45) is -4.79. The molecule has 1 aromatic heterocycles. The summed E-state index contributed by atoms with van der Waals surface area (Å²) in [6, 6.07) is 0. The quantitative estimate of drug-likeness (QED) is 0.639. The van der Waals surface area contributed by atoms with Crippen molar-refractivity contribution in [3.05, 3.63) is 16.4 Å². The van der Waals surface area contributed by atoms with E-state index in [-0.39, 0.29) is 0 Å². The summed E-state index contributed by atoms with van der Waals surface area (Å²) in [6.45, 7) is -0.777. The molecule has 0 atom stereocenters. The van der Waals surface area contributed by atoms with E-state index in [1.807, 2.05) is 0 Å². The maximum absolute atomic E-state index is 11.8. The fourth-order valence-corrected chi connectivity index (χ4v) is 0.916. The molecular formula is C7H7F3N4O3. The smallest absolute Gasteiger partial charge is 0.392 e. The van der Waals surface area contributed by atoms with Crippen LogP contribution in [-0.4, -0.2) is 27.7 Å². The monoisotopic (exact) mass is 252 g/mol. The first kappa shape index (κ1) is 12.9. The third kappa shape index (κ3) is 3.74. The zero-order valence-electron chi connectivity index (χ0n) is 8.27. The van der Waals surface area contributed by atoms with E-state index in [1.54, 1.807) is 0 Å². The Balaban J connectivity index is 2.78. The number of hydrogen-bond acceptors (Lipinski definition) is 6. The van der Waals surface area contributed by atoms with Gasteiger partial charge in [0.2, 0.25) is 5.82 Å². The standard InChI is InChI=1S/C7H7F3N4O3/c8-7(9,10)1-2-17-6-4(14(15)16)5(11)12-3-13-6/h3H,1-2H2,(H2,11,12,13). The van der Waals surface area contributed by atoms with Crippen LogP contribution in [0.4, 0.5) is 24.7 Å². The van der Waals surface area contributed by atoms with Gasteiger partial charge in [-0.15, -0.1) is 0 Å². The van der Waals surface area contributed by atoms with Crippen LogP contribution in [0.1, 0.15) is 6.42 Å². The summed E-state index contributed by atoms with van der Waals surface area (Å²) < 4.78 is 40.0. The van der Waals surface area contributed by atoms with Gasteiger partial charge < -0.3 is 10.5 Å². The molecule has 0 saturated carbocycles. The first-order chi connectivity index (χ1) is 7.81. The van der Waals surface area contributed by atoms with E-state index in [2.05, 4.69) is 14.7 Å². The Hall–Kier alpha value is -2.13. The van der Waals surface area contributed by atoms with E-state index in [4.69, 9.17) is 5.73 Å². The molecule has 0 spiro atoms. The molecule has 1 aromatic rings. The van der Waals surface area contributed by atoms with Crippen LogP contribution in [0, 0.1) is 10.1 Å². The number of aromatic nitrogens is 2. The molecule has 0 aliphatic rings. The van der Waals surface area contributed by atoms with Gasteiger partial charge in [0.05, 0.1) is 18.0 Å². The first-order valence-electron chi connectivity index (χ1n) is 4.25. The largest absolute Gasteiger partial charge is 0.472 e. The van der Waals surface area contributed by atoms with Crippen molar-refractivity contribution in [3.8, 4) is 5.88 Å². The zero-order valence-corrected chi connectivity index (χ0v) is 8.27. The van der Waals surface area contributed by atoms with Gasteiger partial charge in [0.1, 0.15) is 6.33 Å². The number of nitrogens with zero attached hydrogens (tertiary/aromatic N) is 3. The molecule has 0 aliphatic carbocycles. The molecule has 0 aromatic carbocycles. The molecule has 0 amide bonds. The van der Waals surface area contributed by atoms with Gasteiger partial charge in [-0.3, -0.25) is 10.1 Å². The van der Waals surface area contributed by atoms with Crippen molar-refractivity contribution in [2.75, 3.05) is 12.3 Å². The zero-order chi connectivity index (χ0) is 13.1. The number of alkyl halides is 3. The first-order valence-corrected chi connectivity index (χ1v) is 4.25. The van der Waals surface area contributed by atoms with Gasteiger partial charge in [0.25, 0.3) is 5.88 Å². The normalized spacial score (nSPS) is 11.2. The molecule has 10 heteroatoms. The van der Waals surface area contributed by atoms with Crippen LogP contribution in [0.15, 0.2) is 6.33 Å². The lowest BCUT2D eigenvalue weighted by atomic mass is 10.4.